The van der Waals surface area contributed by atoms with Crippen LogP contribution in [0.4, 0.5) is 0 Å². The van der Waals surface area contributed by atoms with E-state index in [4.69, 9.17) is 9.47 Å². The number of fused-ring (bicyclic) bond motifs is 1. The molecule has 0 unspecified atom stereocenters. The Hall–Kier alpha value is -3.35. The average molecular weight is 367 g/mol. The van der Waals surface area contributed by atoms with Crippen molar-refractivity contribution in [3.8, 4) is 11.5 Å². The van der Waals surface area contributed by atoms with Gasteiger partial charge >= 0.3 is 0 Å². The molecular weight excluding hydrogens is 346 g/mol. The Kier molecular flexibility index (Phi) is 5.40. The van der Waals surface area contributed by atoms with Crippen LogP contribution in [-0.4, -0.2) is 29.9 Å². The molecule has 0 atom stereocenters. The van der Waals surface area contributed by atoms with E-state index in [2.05, 4.69) is 10.4 Å². The molecule has 27 heavy (non-hydrogen) atoms. The van der Waals surface area contributed by atoms with Gasteiger partial charge in [0.25, 0.3) is 5.56 Å². The van der Waals surface area contributed by atoms with Crippen molar-refractivity contribution in [2.45, 2.75) is 13.0 Å². The van der Waals surface area contributed by atoms with Crippen molar-refractivity contribution in [2.75, 3.05) is 14.2 Å². The first-order valence-electron chi connectivity index (χ1n) is 8.46. The van der Waals surface area contributed by atoms with Crippen molar-refractivity contribution >= 4 is 16.7 Å². The Morgan fingerprint density at radius 3 is 2.48 bits per heavy atom. The molecule has 0 aliphatic rings. The molecule has 1 N–H and O–H groups in total. The van der Waals surface area contributed by atoms with Gasteiger partial charge in [0, 0.05) is 12.4 Å². The first-order chi connectivity index (χ1) is 13.0. The quantitative estimate of drug-likeness (QED) is 0.718. The molecule has 7 heteroatoms. The number of ether oxygens (including phenoxy) is 2. The molecule has 0 aliphatic heterocycles. The zero-order valence-corrected chi connectivity index (χ0v) is 15.5. The number of aryl methyl sites for hydroxylation is 1. The van der Waals surface area contributed by atoms with Crippen LogP contribution in [0.3, 0.4) is 0 Å². The first-order valence-corrected chi connectivity index (χ1v) is 8.46. The van der Waals surface area contributed by atoms with E-state index < -0.39 is 0 Å². The SMILES string of the molecule is COc1ccc(CC(=O)NCc2nn(C)c(=O)c3ccccc23)cc1OC. The molecule has 7 nitrogen and oxygen atoms in total. The molecule has 0 fully saturated rings. The largest absolute Gasteiger partial charge is 0.493 e. The van der Waals surface area contributed by atoms with Crippen LogP contribution in [0.5, 0.6) is 11.5 Å². The van der Waals surface area contributed by atoms with Crippen molar-refractivity contribution in [2.24, 2.45) is 7.05 Å². The molecule has 140 valence electrons. The molecule has 0 saturated carbocycles. The summed E-state index contributed by atoms with van der Waals surface area (Å²) in [6, 6.07) is 12.6. The Balaban J connectivity index is 1.74. The number of nitrogens with zero attached hydrogens (tertiary/aromatic N) is 2. The maximum atomic E-state index is 12.3. The van der Waals surface area contributed by atoms with E-state index >= 15 is 0 Å². The second-order valence-corrected chi connectivity index (χ2v) is 6.06. The maximum absolute atomic E-state index is 12.3. The fourth-order valence-corrected chi connectivity index (χ4v) is 2.93. The van der Waals surface area contributed by atoms with Crippen LogP contribution in [0.15, 0.2) is 47.3 Å². The van der Waals surface area contributed by atoms with Crippen molar-refractivity contribution in [1.82, 2.24) is 15.1 Å². The van der Waals surface area contributed by atoms with Crippen LogP contribution < -0.4 is 20.3 Å². The number of hydrogen-bond acceptors (Lipinski definition) is 5. The minimum atomic E-state index is -0.161. The molecular formula is C20H21N3O4. The molecule has 1 heterocycles. The van der Waals surface area contributed by atoms with Gasteiger partial charge in [-0.15, -0.1) is 0 Å². The number of aromatic nitrogens is 2. The third kappa shape index (κ3) is 3.92. The van der Waals surface area contributed by atoms with Crippen molar-refractivity contribution in [3.05, 3.63) is 64.1 Å². The van der Waals surface area contributed by atoms with Gasteiger partial charge in [-0.3, -0.25) is 9.59 Å². The smallest absolute Gasteiger partial charge is 0.274 e. The van der Waals surface area contributed by atoms with Gasteiger partial charge in [-0.25, -0.2) is 4.68 Å². The fourth-order valence-electron chi connectivity index (χ4n) is 2.93. The van der Waals surface area contributed by atoms with E-state index in [0.29, 0.717) is 22.6 Å². The zero-order chi connectivity index (χ0) is 19.4. The minimum absolute atomic E-state index is 0.151. The lowest BCUT2D eigenvalue weighted by Crippen LogP contribution is -2.28. The van der Waals surface area contributed by atoms with Crippen LogP contribution >= 0.6 is 0 Å². The summed E-state index contributed by atoms with van der Waals surface area (Å²) in [7, 11) is 4.72. The van der Waals surface area contributed by atoms with Crippen LogP contribution in [0, 0.1) is 0 Å². The summed E-state index contributed by atoms with van der Waals surface area (Å²) in [6.45, 7) is 0.237. The number of hydrogen-bond donors (Lipinski definition) is 1. The van der Waals surface area contributed by atoms with Crippen molar-refractivity contribution < 1.29 is 14.3 Å². The fraction of sp³-hybridized carbons (Fsp3) is 0.250. The first kappa shape index (κ1) is 18.4. The van der Waals surface area contributed by atoms with Gasteiger partial charge in [0.05, 0.1) is 38.3 Å². The summed E-state index contributed by atoms with van der Waals surface area (Å²) in [5.41, 5.74) is 1.29. The highest BCUT2D eigenvalue weighted by molar-refractivity contribution is 5.84. The number of amides is 1. The highest BCUT2D eigenvalue weighted by atomic mass is 16.5. The molecule has 0 spiro atoms. The van der Waals surface area contributed by atoms with Crippen molar-refractivity contribution in [1.29, 1.82) is 0 Å². The summed E-state index contributed by atoms with van der Waals surface area (Å²) in [5.74, 6) is 1.04. The Labute approximate surface area is 156 Å². The molecule has 0 aliphatic carbocycles. The third-order valence-electron chi connectivity index (χ3n) is 4.30. The van der Waals surface area contributed by atoms with Crippen LogP contribution in [-0.2, 0) is 24.8 Å². The van der Waals surface area contributed by atoms with Crippen LogP contribution in [0.1, 0.15) is 11.3 Å². The predicted molar refractivity (Wildman–Crippen MR) is 102 cm³/mol. The van der Waals surface area contributed by atoms with Gasteiger partial charge in [0.1, 0.15) is 0 Å². The minimum Gasteiger partial charge on any atom is -0.493 e. The summed E-state index contributed by atoms with van der Waals surface area (Å²) < 4.78 is 11.8. The molecule has 0 bridgehead atoms. The molecule has 1 amide bonds. The van der Waals surface area contributed by atoms with Gasteiger partial charge in [-0.1, -0.05) is 24.3 Å². The highest BCUT2D eigenvalue weighted by Gasteiger charge is 2.11. The third-order valence-corrected chi connectivity index (χ3v) is 4.30. The Morgan fingerprint density at radius 2 is 1.78 bits per heavy atom. The average Bonchev–Trinajstić information content (AvgIpc) is 2.69. The number of benzene rings is 2. The van der Waals surface area contributed by atoms with Crippen LogP contribution in [0.2, 0.25) is 0 Å². The van der Waals surface area contributed by atoms with E-state index in [0.717, 1.165) is 10.9 Å². The van der Waals surface area contributed by atoms with Gasteiger partial charge in [-0.05, 0) is 23.8 Å². The van der Waals surface area contributed by atoms with Gasteiger partial charge in [-0.2, -0.15) is 5.10 Å². The van der Waals surface area contributed by atoms with Gasteiger partial charge in [0.15, 0.2) is 11.5 Å². The zero-order valence-electron chi connectivity index (χ0n) is 15.5. The molecule has 2 aromatic carbocycles. The second kappa shape index (κ2) is 7.90. The van der Waals surface area contributed by atoms with Crippen molar-refractivity contribution in [3.63, 3.8) is 0 Å². The summed E-state index contributed by atoms with van der Waals surface area (Å²) in [4.78, 5) is 24.5. The van der Waals surface area contributed by atoms with E-state index in [1.54, 1.807) is 39.5 Å². The number of methoxy groups -OCH3 is 2. The standard InChI is InChI=1S/C20H21N3O4/c1-23-20(25)15-7-5-4-6-14(15)16(22-23)12-21-19(24)11-13-8-9-17(26-2)18(10-13)27-3/h4-10H,11-12H2,1-3H3,(H,21,24). The maximum Gasteiger partial charge on any atom is 0.274 e. The van der Waals surface area contributed by atoms with E-state index in [1.165, 1.54) is 4.68 Å². The number of rotatable bonds is 6. The lowest BCUT2D eigenvalue weighted by atomic mass is 10.1. The monoisotopic (exact) mass is 367 g/mol. The number of nitrogens with one attached hydrogen (secondary N) is 1. The molecule has 3 rings (SSSR count). The Bertz CT molecular complexity index is 1040. The normalized spacial score (nSPS) is 10.6. The van der Waals surface area contributed by atoms with E-state index in [9.17, 15) is 9.59 Å². The Morgan fingerprint density at radius 1 is 1.07 bits per heavy atom. The lowest BCUT2D eigenvalue weighted by Gasteiger charge is -2.11. The number of carbonyl (C=O) groups is 1. The highest BCUT2D eigenvalue weighted by Crippen LogP contribution is 2.27. The van der Waals surface area contributed by atoms with Gasteiger partial charge in [0.2, 0.25) is 5.91 Å². The summed E-state index contributed by atoms with van der Waals surface area (Å²) in [6.07, 6.45) is 0.198. The molecule has 1 aromatic heterocycles. The lowest BCUT2D eigenvalue weighted by molar-refractivity contribution is -0.120. The summed E-state index contributed by atoms with van der Waals surface area (Å²) in [5, 5.41) is 8.47. The summed E-state index contributed by atoms with van der Waals surface area (Å²) >= 11 is 0. The van der Waals surface area contributed by atoms with Crippen LogP contribution in [0.25, 0.3) is 10.8 Å². The van der Waals surface area contributed by atoms with E-state index in [1.807, 2.05) is 24.3 Å². The molecule has 3 aromatic rings. The molecule has 0 saturated heterocycles. The second-order valence-electron chi connectivity index (χ2n) is 6.06. The molecule has 0 radical (unpaired) electrons. The van der Waals surface area contributed by atoms with Gasteiger partial charge < -0.3 is 14.8 Å². The topological polar surface area (TPSA) is 82.5 Å². The predicted octanol–water partition coefficient (Wildman–Crippen LogP) is 1.81. The van der Waals surface area contributed by atoms with E-state index in [-0.39, 0.29) is 24.4 Å². The number of carbonyl (C=O) groups excluding carboxylic acids is 1.